The molecule has 0 aliphatic carbocycles. The van der Waals surface area contributed by atoms with E-state index in [1.807, 2.05) is 0 Å². The molecule has 0 spiro atoms. The summed E-state index contributed by atoms with van der Waals surface area (Å²) in [5.74, 6) is -1.03. The van der Waals surface area contributed by atoms with E-state index in [9.17, 15) is 14.7 Å². The van der Waals surface area contributed by atoms with Gasteiger partial charge in [-0.05, 0) is 25.5 Å². The first-order valence-corrected chi connectivity index (χ1v) is 6.83. The van der Waals surface area contributed by atoms with Crippen molar-refractivity contribution < 1.29 is 14.7 Å². The highest BCUT2D eigenvalue weighted by molar-refractivity contribution is 6.34. The fourth-order valence-electron chi connectivity index (χ4n) is 1.71. The summed E-state index contributed by atoms with van der Waals surface area (Å²) < 4.78 is 0. The van der Waals surface area contributed by atoms with E-state index in [1.165, 1.54) is 19.9 Å². The predicted molar refractivity (Wildman–Crippen MR) is 83.5 cm³/mol. The molecule has 0 saturated heterocycles. The van der Waals surface area contributed by atoms with E-state index >= 15 is 0 Å². The van der Waals surface area contributed by atoms with Gasteiger partial charge in [-0.2, -0.15) is 0 Å². The van der Waals surface area contributed by atoms with Crippen molar-refractivity contribution in [3.05, 3.63) is 34.1 Å². The Bertz CT molecular complexity index is 625. The second kappa shape index (κ2) is 7.64. The van der Waals surface area contributed by atoms with E-state index in [0.29, 0.717) is 16.9 Å². The summed E-state index contributed by atoms with van der Waals surface area (Å²) in [7, 11) is 0. The molecule has 1 aromatic rings. The first-order valence-electron chi connectivity index (χ1n) is 6.45. The summed E-state index contributed by atoms with van der Waals surface area (Å²) in [6, 6.07) is 2.13. The summed E-state index contributed by atoms with van der Waals surface area (Å²) in [6.45, 7) is 11.4. The molecule has 0 bridgehead atoms. The van der Waals surface area contributed by atoms with Crippen LogP contribution in [0.2, 0.25) is 5.02 Å². The van der Waals surface area contributed by atoms with Crippen molar-refractivity contribution in [2.45, 2.75) is 32.9 Å². The van der Waals surface area contributed by atoms with Crippen LogP contribution in [0.4, 0.5) is 11.4 Å². The van der Waals surface area contributed by atoms with E-state index in [0.717, 1.165) is 0 Å². The fourth-order valence-corrected chi connectivity index (χ4v) is 1.92. The van der Waals surface area contributed by atoms with Gasteiger partial charge < -0.3 is 10.4 Å². The monoisotopic (exact) mass is 324 g/mol. The number of amides is 2. The number of nitrogens with zero attached hydrogens (tertiary/aromatic N) is 1. The van der Waals surface area contributed by atoms with Crippen LogP contribution in [-0.4, -0.2) is 29.1 Å². The highest BCUT2D eigenvalue weighted by atomic mass is 35.5. The number of rotatable bonds is 4. The van der Waals surface area contributed by atoms with Crippen LogP contribution in [0.5, 0.6) is 0 Å². The Hall–Kier alpha value is -2.30. The van der Waals surface area contributed by atoms with Crippen LogP contribution in [0, 0.1) is 13.5 Å². The van der Waals surface area contributed by atoms with Crippen LogP contribution < -0.4 is 16.2 Å². The molecule has 0 fully saturated rings. The Morgan fingerprint density at radius 3 is 2.50 bits per heavy atom. The second-order valence-electron chi connectivity index (χ2n) is 4.72. The number of halogens is 1. The van der Waals surface area contributed by atoms with Crippen LogP contribution in [-0.2, 0) is 9.59 Å². The number of hydrogen-bond donors (Lipinski definition) is 4. The number of nitrogens with one attached hydrogen (secondary N) is 3. The molecular weight excluding hydrogens is 308 g/mol. The lowest BCUT2D eigenvalue weighted by Gasteiger charge is -2.23. The number of hydrogen-bond acceptors (Lipinski definition) is 4. The quantitative estimate of drug-likeness (QED) is 0.499. The Morgan fingerprint density at radius 2 is 2.00 bits per heavy atom. The summed E-state index contributed by atoms with van der Waals surface area (Å²) in [5, 5.41) is 12.9. The third-order valence-corrected chi connectivity index (χ3v) is 3.40. The Balaban J connectivity index is 2.97. The molecule has 0 aliphatic rings. The first kappa shape index (κ1) is 17.8. The molecule has 1 rings (SSSR count). The van der Waals surface area contributed by atoms with Crippen LogP contribution in [0.1, 0.15) is 19.4 Å². The average molecular weight is 325 g/mol. The highest BCUT2D eigenvalue weighted by Gasteiger charge is 2.24. The van der Waals surface area contributed by atoms with Crippen molar-refractivity contribution in [2.75, 3.05) is 5.32 Å². The van der Waals surface area contributed by atoms with Crippen molar-refractivity contribution in [2.24, 2.45) is 0 Å². The van der Waals surface area contributed by atoms with Gasteiger partial charge in [0.05, 0.1) is 17.7 Å². The second-order valence-corrected chi connectivity index (χ2v) is 5.09. The van der Waals surface area contributed by atoms with E-state index in [2.05, 4.69) is 21.0 Å². The highest BCUT2D eigenvalue weighted by Crippen LogP contribution is 2.33. The summed E-state index contributed by atoms with van der Waals surface area (Å²) in [5.41, 5.74) is 5.77. The maximum absolute atomic E-state index is 12.0. The Morgan fingerprint density at radius 1 is 1.36 bits per heavy atom. The number of carbonyl (C=O) groups excluding carboxylic acids is 2. The summed E-state index contributed by atoms with van der Waals surface area (Å²) >= 11 is 6.07. The molecule has 22 heavy (non-hydrogen) atoms. The van der Waals surface area contributed by atoms with Gasteiger partial charge in [0.25, 0.3) is 5.91 Å². The number of anilines is 1. The lowest BCUT2D eigenvalue weighted by molar-refractivity contribution is -0.129. The Kier molecular flexibility index (Phi) is 6.16. The summed E-state index contributed by atoms with van der Waals surface area (Å²) in [4.78, 5) is 26.1. The number of carbonyl (C=O) groups is 2. The van der Waals surface area contributed by atoms with Crippen LogP contribution in [0.15, 0.2) is 12.1 Å². The molecule has 0 unspecified atom stereocenters. The van der Waals surface area contributed by atoms with Gasteiger partial charge in [-0.15, -0.1) is 0 Å². The van der Waals surface area contributed by atoms with Crippen molar-refractivity contribution >= 4 is 34.8 Å². The zero-order chi connectivity index (χ0) is 16.9. The van der Waals surface area contributed by atoms with Crippen molar-refractivity contribution in [3.8, 4) is 0 Å². The minimum atomic E-state index is -1.02. The van der Waals surface area contributed by atoms with Crippen LogP contribution in [0.3, 0.4) is 0 Å². The lowest BCUT2D eigenvalue weighted by Crippen LogP contribution is -2.51. The fraction of sp³-hybridized carbons (Fsp3) is 0.357. The third kappa shape index (κ3) is 4.35. The molecule has 0 saturated carbocycles. The molecule has 4 N–H and O–H groups in total. The van der Waals surface area contributed by atoms with Crippen LogP contribution >= 0.6 is 11.6 Å². The van der Waals surface area contributed by atoms with Gasteiger partial charge in [0.1, 0.15) is 6.04 Å². The smallest absolute Gasteiger partial charge is 0.263 e. The maximum atomic E-state index is 12.0. The van der Waals surface area contributed by atoms with Gasteiger partial charge in [-0.1, -0.05) is 17.7 Å². The molecule has 1 aromatic carbocycles. The minimum Gasteiger partial charge on any atom is -0.391 e. The SMILES string of the molecule is [C-]#[N+]c1ccc(N[C@@H](C(=O)NNC(C)=O)[C@H](C)O)c(C)c1Cl. The zero-order valence-corrected chi connectivity index (χ0v) is 13.2. The maximum Gasteiger partial charge on any atom is 0.263 e. The minimum absolute atomic E-state index is 0.284. The lowest BCUT2D eigenvalue weighted by atomic mass is 10.1. The Labute approximate surface area is 133 Å². The van der Waals surface area contributed by atoms with Gasteiger partial charge in [0, 0.05) is 12.6 Å². The molecule has 7 nitrogen and oxygen atoms in total. The van der Waals surface area contributed by atoms with Gasteiger partial charge in [0.15, 0.2) is 0 Å². The first-order chi connectivity index (χ1) is 10.3. The normalized spacial score (nSPS) is 12.7. The van der Waals surface area contributed by atoms with Gasteiger partial charge in [0.2, 0.25) is 11.6 Å². The topological polar surface area (TPSA) is 94.8 Å². The molecule has 2 amide bonds. The predicted octanol–water partition coefficient (Wildman–Crippen LogP) is 1.53. The number of benzene rings is 1. The average Bonchev–Trinajstić information content (AvgIpc) is 2.46. The molecule has 0 aliphatic heterocycles. The number of aliphatic hydroxyl groups excluding tert-OH is 1. The molecule has 2 atom stereocenters. The zero-order valence-electron chi connectivity index (χ0n) is 12.4. The van der Waals surface area contributed by atoms with Crippen molar-refractivity contribution in [1.29, 1.82) is 0 Å². The van der Waals surface area contributed by atoms with Gasteiger partial charge in [-0.3, -0.25) is 20.4 Å². The third-order valence-electron chi connectivity index (χ3n) is 2.92. The van der Waals surface area contributed by atoms with E-state index in [-0.39, 0.29) is 5.02 Å². The molecule has 0 radical (unpaired) electrons. The largest absolute Gasteiger partial charge is 0.391 e. The molecule has 118 valence electrons. The number of aliphatic hydroxyl groups is 1. The molecule has 8 heteroatoms. The van der Waals surface area contributed by atoms with Crippen molar-refractivity contribution in [1.82, 2.24) is 10.9 Å². The van der Waals surface area contributed by atoms with E-state index < -0.39 is 24.0 Å². The molecular formula is C14H17ClN4O3. The standard InChI is InChI=1S/C14H17ClN4O3/c1-7-10(5-6-11(16-4)12(7)15)17-13(8(2)20)14(22)19-18-9(3)21/h5-6,8,13,17,20H,1-3H3,(H,18,21)(H,19,22)/t8-,13+/m0/s1. The van der Waals surface area contributed by atoms with Crippen molar-refractivity contribution in [3.63, 3.8) is 0 Å². The molecule has 0 aromatic heterocycles. The van der Waals surface area contributed by atoms with Gasteiger partial charge in [-0.25, -0.2) is 4.85 Å². The summed E-state index contributed by atoms with van der Waals surface area (Å²) in [6.07, 6.45) is -1.02. The number of hydrazine groups is 1. The molecule has 0 heterocycles. The van der Waals surface area contributed by atoms with E-state index in [4.69, 9.17) is 18.2 Å². The van der Waals surface area contributed by atoms with E-state index in [1.54, 1.807) is 13.0 Å². The van der Waals surface area contributed by atoms with Crippen LogP contribution in [0.25, 0.3) is 4.85 Å². The van der Waals surface area contributed by atoms with Gasteiger partial charge >= 0.3 is 0 Å².